The van der Waals surface area contributed by atoms with Gasteiger partial charge in [-0.25, -0.2) is 0 Å². The van der Waals surface area contributed by atoms with Crippen molar-refractivity contribution in [1.82, 2.24) is 4.90 Å². The maximum atomic E-state index is 12.2. The average Bonchev–Trinajstić information content (AvgIpc) is 2.52. The van der Waals surface area contributed by atoms with E-state index >= 15 is 0 Å². The van der Waals surface area contributed by atoms with Gasteiger partial charge in [0.2, 0.25) is 5.91 Å². The number of nitrogens with zero attached hydrogens (tertiary/aromatic N) is 1. The second kappa shape index (κ2) is 7.81. The van der Waals surface area contributed by atoms with E-state index in [0.717, 1.165) is 11.3 Å². The summed E-state index contributed by atoms with van der Waals surface area (Å²) in [7, 11) is 0. The molecular weight excluding hydrogens is 294 g/mol. The summed E-state index contributed by atoms with van der Waals surface area (Å²) < 4.78 is 5.63. The summed E-state index contributed by atoms with van der Waals surface area (Å²) in [6.07, 6.45) is 4.44. The fourth-order valence-corrected chi connectivity index (χ4v) is 2.58. The Morgan fingerprint density at radius 2 is 2.00 bits per heavy atom. The SMILES string of the molecule is CC(C)Oc1cccc(C=CC(=O)N2CCC(C(=O)O)CC2)c1. The summed E-state index contributed by atoms with van der Waals surface area (Å²) >= 11 is 0. The predicted octanol–water partition coefficient (Wildman–Crippen LogP) is 2.81. The highest BCUT2D eigenvalue weighted by atomic mass is 16.5. The van der Waals surface area contributed by atoms with Gasteiger partial charge < -0.3 is 14.7 Å². The number of piperidine rings is 1. The Kier molecular flexibility index (Phi) is 5.79. The molecule has 1 N–H and O–H groups in total. The number of rotatable bonds is 5. The minimum absolute atomic E-state index is 0.0796. The Morgan fingerprint density at radius 3 is 2.61 bits per heavy atom. The molecule has 1 aromatic rings. The van der Waals surface area contributed by atoms with Crippen LogP contribution < -0.4 is 4.74 Å². The summed E-state index contributed by atoms with van der Waals surface area (Å²) in [6, 6.07) is 7.57. The van der Waals surface area contributed by atoms with Gasteiger partial charge in [-0.3, -0.25) is 9.59 Å². The molecule has 0 spiro atoms. The van der Waals surface area contributed by atoms with Gasteiger partial charge in [0.1, 0.15) is 5.75 Å². The zero-order valence-electron chi connectivity index (χ0n) is 13.6. The average molecular weight is 317 g/mol. The first-order chi connectivity index (χ1) is 11.0. The van der Waals surface area contributed by atoms with Gasteiger partial charge in [0.05, 0.1) is 12.0 Å². The minimum atomic E-state index is -0.769. The number of hydrogen-bond donors (Lipinski definition) is 1. The first kappa shape index (κ1) is 17.1. The highest BCUT2D eigenvalue weighted by molar-refractivity contribution is 5.92. The molecule has 0 aliphatic carbocycles. The highest BCUT2D eigenvalue weighted by Gasteiger charge is 2.25. The van der Waals surface area contributed by atoms with Crippen LogP contribution in [0.2, 0.25) is 0 Å². The van der Waals surface area contributed by atoms with Gasteiger partial charge in [0.15, 0.2) is 0 Å². The van der Waals surface area contributed by atoms with Crippen LogP contribution in [-0.2, 0) is 9.59 Å². The number of carboxylic acids is 1. The normalized spacial score (nSPS) is 16.0. The molecule has 1 saturated heterocycles. The molecule has 23 heavy (non-hydrogen) atoms. The zero-order chi connectivity index (χ0) is 16.8. The van der Waals surface area contributed by atoms with E-state index in [1.165, 1.54) is 6.08 Å². The number of ether oxygens (including phenoxy) is 1. The van der Waals surface area contributed by atoms with Crippen molar-refractivity contribution in [2.24, 2.45) is 5.92 Å². The van der Waals surface area contributed by atoms with E-state index < -0.39 is 5.97 Å². The van der Waals surface area contributed by atoms with Crippen LogP contribution in [0.3, 0.4) is 0 Å². The van der Waals surface area contributed by atoms with Crippen molar-refractivity contribution in [2.75, 3.05) is 13.1 Å². The Balaban J connectivity index is 1.92. The van der Waals surface area contributed by atoms with Crippen LogP contribution >= 0.6 is 0 Å². The van der Waals surface area contributed by atoms with Gasteiger partial charge in [-0.2, -0.15) is 0 Å². The lowest BCUT2D eigenvalue weighted by Gasteiger charge is -2.29. The second-order valence-corrected chi connectivity index (χ2v) is 6.01. The van der Waals surface area contributed by atoms with Crippen LogP contribution in [0.25, 0.3) is 6.08 Å². The van der Waals surface area contributed by atoms with E-state index in [-0.39, 0.29) is 17.9 Å². The highest BCUT2D eigenvalue weighted by Crippen LogP contribution is 2.19. The molecule has 1 heterocycles. The van der Waals surface area contributed by atoms with Crippen molar-refractivity contribution in [3.8, 4) is 5.75 Å². The van der Waals surface area contributed by atoms with Crippen molar-refractivity contribution in [3.63, 3.8) is 0 Å². The molecule has 5 heteroatoms. The monoisotopic (exact) mass is 317 g/mol. The van der Waals surface area contributed by atoms with E-state index in [1.54, 1.807) is 11.0 Å². The maximum Gasteiger partial charge on any atom is 0.306 e. The molecule has 0 radical (unpaired) electrons. The van der Waals surface area contributed by atoms with Crippen LogP contribution in [0.1, 0.15) is 32.3 Å². The van der Waals surface area contributed by atoms with Gasteiger partial charge in [-0.05, 0) is 50.5 Å². The molecule has 0 bridgehead atoms. The third-order valence-electron chi connectivity index (χ3n) is 3.80. The Labute approximate surface area is 136 Å². The summed E-state index contributed by atoms with van der Waals surface area (Å²) in [4.78, 5) is 24.8. The van der Waals surface area contributed by atoms with Crippen LogP contribution in [0.5, 0.6) is 5.75 Å². The molecule has 1 aromatic carbocycles. The quantitative estimate of drug-likeness (QED) is 0.848. The summed E-state index contributed by atoms with van der Waals surface area (Å²) in [5.41, 5.74) is 0.900. The minimum Gasteiger partial charge on any atom is -0.491 e. The summed E-state index contributed by atoms with van der Waals surface area (Å²) in [5.74, 6) is -0.400. The molecular formula is C18H23NO4. The number of carbonyl (C=O) groups excluding carboxylic acids is 1. The van der Waals surface area contributed by atoms with Crippen molar-refractivity contribution in [3.05, 3.63) is 35.9 Å². The van der Waals surface area contributed by atoms with Crippen molar-refractivity contribution in [2.45, 2.75) is 32.8 Å². The number of carboxylic acid groups (broad SMARTS) is 1. The number of aliphatic carboxylic acids is 1. The third kappa shape index (κ3) is 5.13. The van der Waals surface area contributed by atoms with E-state index in [2.05, 4.69) is 0 Å². The summed E-state index contributed by atoms with van der Waals surface area (Å²) in [6.45, 7) is 4.92. The van der Waals surface area contributed by atoms with E-state index in [4.69, 9.17) is 9.84 Å². The largest absolute Gasteiger partial charge is 0.491 e. The zero-order valence-corrected chi connectivity index (χ0v) is 13.6. The number of hydrogen-bond acceptors (Lipinski definition) is 3. The van der Waals surface area contributed by atoms with Crippen molar-refractivity contribution >= 4 is 18.0 Å². The molecule has 124 valence electrons. The number of carbonyl (C=O) groups is 2. The Morgan fingerprint density at radius 1 is 1.30 bits per heavy atom. The van der Waals surface area contributed by atoms with E-state index in [9.17, 15) is 9.59 Å². The molecule has 0 unspecified atom stereocenters. The van der Waals surface area contributed by atoms with Gasteiger partial charge in [0.25, 0.3) is 0 Å². The fraction of sp³-hybridized carbons (Fsp3) is 0.444. The fourth-order valence-electron chi connectivity index (χ4n) is 2.58. The molecule has 1 amide bonds. The number of benzene rings is 1. The summed E-state index contributed by atoms with van der Waals surface area (Å²) in [5, 5.41) is 8.97. The lowest BCUT2D eigenvalue weighted by molar-refractivity contribution is -0.144. The smallest absolute Gasteiger partial charge is 0.306 e. The lowest BCUT2D eigenvalue weighted by Crippen LogP contribution is -2.39. The topological polar surface area (TPSA) is 66.8 Å². The van der Waals surface area contributed by atoms with Crippen LogP contribution in [0, 0.1) is 5.92 Å². The van der Waals surface area contributed by atoms with Gasteiger partial charge >= 0.3 is 5.97 Å². The number of amides is 1. The maximum absolute atomic E-state index is 12.2. The lowest BCUT2D eigenvalue weighted by atomic mass is 9.97. The predicted molar refractivity (Wildman–Crippen MR) is 88.2 cm³/mol. The van der Waals surface area contributed by atoms with Gasteiger partial charge in [-0.1, -0.05) is 12.1 Å². The Bertz CT molecular complexity index is 586. The van der Waals surface area contributed by atoms with Gasteiger partial charge in [0, 0.05) is 19.2 Å². The molecule has 0 atom stereocenters. The van der Waals surface area contributed by atoms with Crippen LogP contribution in [0.15, 0.2) is 30.3 Å². The molecule has 1 aliphatic heterocycles. The Hall–Kier alpha value is -2.30. The van der Waals surface area contributed by atoms with E-state index in [0.29, 0.717) is 25.9 Å². The van der Waals surface area contributed by atoms with Crippen molar-refractivity contribution in [1.29, 1.82) is 0 Å². The first-order valence-corrected chi connectivity index (χ1v) is 7.92. The molecule has 5 nitrogen and oxygen atoms in total. The van der Waals surface area contributed by atoms with Crippen molar-refractivity contribution < 1.29 is 19.4 Å². The van der Waals surface area contributed by atoms with Crippen LogP contribution in [0.4, 0.5) is 0 Å². The molecule has 0 saturated carbocycles. The third-order valence-corrected chi connectivity index (χ3v) is 3.80. The van der Waals surface area contributed by atoms with E-state index in [1.807, 2.05) is 38.1 Å². The molecule has 2 rings (SSSR count). The second-order valence-electron chi connectivity index (χ2n) is 6.01. The number of likely N-dealkylation sites (tertiary alicyclic amines) is 1. The molecule has 1 aliphatic rings. The molecule has 1 fully saturated rings. The first-order valence-electron chi connectivity index (χ1n) is 7.92. The molecule has 0 aromatic heterocycles. The standard InChI is InChI=1S/C18H23NO4/c1-13(2)23-16-5-3-4-14(12-16)6-7-17(20)19-10-8-15(9-11-19)18(21)22/h3-7,12-13,15H,8-11H2,1-2H3,(H,21,22). The van der Waals surface area contributed by atoms with Crippen LogP contribution in [-0.4, -0.2) is 41.1 Å². The van der Waals surface area contributed by atoms with Gasteiger partial charge in [-0.15, -0.1) is 0 Å².